The van der Waals surface area contributed by atoms with E-state index in [4.69, 9.17) is 14.5 Å². The molecule has 0 unspecified atom stereocenters. The molecule has 0 amide bonds. The summed E-state index contributed by atoms with van der Waals surface area (Å²) in [6.07, 6.45) is 4.71. The summed E-state index contributed by atoms with van der Waals surface area (Å²) < 4.78 is 13.9. The van der Waals surface area contributed by atoms with Crippen molar-refractivity contribution in [2.24, 2.45) is 12.0 Å². The van der Waals surface area contributed by atoms with Gasteiger partial charge in [0.15, 0.2) is 11.5 Å². The van der Waals surface area contributed by atoms with E-state index in [1.807, 2.05) is 56.4 Å². The van der Waals surface area contributed by atoms with Crippen molar-refractivity contribution in [2.75, 3.05) is 18.5 Å². The lowest BCUT2D eigenvalue weighted by Gasteiger charge is -2.15. The highest BCUT2D eigenvalue weighted by Gasteiger charge is 2.17. The fourth-order valence-corrected chi connectivity index (χ4v) is 3.21. The number of aromatic nitrogens is 3. The Morgan fingerprint density at radius 3 is 2.72 bits per heavy atom. The highest BCUT2D eigenvalue weighted by atomic mass is 16.5. The molecule has 3 heterocycles. The van der Waals surface area contributed by atoms with Crippen LogP contribution < -0.4 is 14.8 Å². The first kappa shape index (κ1) is 19.0. The van der Waals surface area contributed by atoms with Crippen molar-refractivity contribution in [1.82, 2.24) is 14.8 Å². The van der Waals surface area contributed by atoms with Gasteiger partial charge in [0.1, 0.15) is 11.7 Å². The number of anilines is 1. The van der Waals surface area contributed by atoms with E-state index in [0.29, 0.717) is 30.6 Å². The van der Waals surface area contributed by atoms with Crippen LogP contribution in [-0.2, 0) is 7.05 Å². The van der Waals surface area contributed by atoms with Crippen LogP contribution in [0.4, 0.5) is 5.82 Å². The molecule has 2 aromatic heterocycles. The lowest BCUT2D eigenvalue weighted by molar-refractivity contribution is 0.291. The highest BCUT2D eigenvalue weighted by Crippen LogP contribution is 2.32. The molecule has 0 saturated carbocycles. The molecule has 1 aliphatic rings. The van der Waals surface area contributed by atoms with Crippen molar-refractivity contribution in [3.63, 3.8) is 0 Å². The average molecular weight is 391 g/mol. The van der Waals surface area contributed by atoms with Crippen LogP contribution in [0.2, 0.25) is 0 Å². The molecule has 7 nitrogen and oxygen atoms in total. The van der Waals surface area contributed by atoms with Crippen LogP contribution in [0.25, 0.3) is 0 Å². The number of pyridine rings is 1. The number of amidine groups is 1. The molecule has 1 N–H and O–H groups in total. The summed E-state index contributed by atoms with van der Waals surface area (Å²) in [7, 11) is 1.91. The van der Waals surface area contributed by atoms with Gasteiger partial charge in [-0.15, -0.1) is 0 Å². The maximum atomic E-state index is 6.18. The Kier molecular flexibility index (Phi) is 5.74. The molecular weight excluding hydrogens is 366 g/mol. The Morgan fingerprint density at radius 1 is 1.03 bits per heavy atom. The number of hydrogen-bond donors (Lipinski definition) is 1. The zero-order valence-electron chi connectivity index (χ0n) is 16.8. The largest absolute Gasteiger partial charge is 0.490 e. The first-order chi connectivity index (χ1) is 14.2. The van der Waals surface area contributed by atoms with E-state index >= 15 is 0 Å². The second-order valence-corrected chi connectivity index (χ2v) is 6.96. The van der Waals surface area contributed by atoms with Gasteiger partial charge in [-0.1, -0.05) is 12.1 Å². The Hall–Kier alpha value is -3.35. The van der Waals surface area contributed by atoms with E-state index in [1.54, 1.807) is 10.9 Å². The Bertz CT molecular complexity index is 1010. The second kappa shape index (κ2) is 8.77. The number of benzene rings is 1. The normalized spacial score (nSPS) is 14.6. The SMILES string of the molecule is Cc1cc(NC2=NCCCCCOc3ccccc3Oc3ncccc32)n(C)n1. The monoisotopic (exact) mass is 391 g/mol. The molecule has 3 aromatic rings. The minimum Gasteiger partial charge on any atom is -0.490 e. The van der Waals surface area contributed by atoms with Gasteiger partial charge < -0.3 is 14.8 Å². The number of hydrogen-bond acceptors (Lipinski definition) is 6. The lowest BCUT2D eigenvalue weighted by Crippen LogP contribution is -2.18. The number of para-hydroxylation sites is 2. The summed E-state index contributed by atoms with van der Waals surface area (Å²) in [5, 5.41) is 7.83. The Balaban J connectivity index is 1.74. The minimum absolute atomic E-state index is 0.480. The molecule has 1 aliphatic heterocycles. The summed E-state index contributed by atoms with van der Waals surface area (Å²) in [6, 6.07) is 13.5. The van der Waals surface area contributed by atoms with Crippen LogP contribution in [-0.4, -0.2) is 33.8 Å². The van der Waals surface area contributed by atoms with E-state index in [-0.39, 0.29) is 0 Å². The lowest BCUT2D eigenvalue weighted by atomic mass is 10.2. The van der Waals surface area contributed by atoms with Crippen molar-refractivity contribution < 1.29 is 9.47 Å². The number of nitrogens with zero attached hydrogens (tertiary/aromatic N) is 4. The zero-order chi connectivity index (χ0) is 20.1. The smallest absolute Gasteiger partial charge is 0.230 e. The van der Waals surface area contributed by atoms with Gasteiger partial charge in [0, 0.05) is 25.9 Å². The fraction of sp³-hybridized carbons (Fsp3) is 0.318. The zero-order valence-corrected chi connectivity index (χ0v) is 16.8. The highest BCUT2D eigenvalue weighted by molar-refractivity contribution is 6.09. The summed E-state index contributed by atoms with van der Waals surface area (Å²) in [5.74, 6) is 3.42. The number of rotatable bonds is 1. The van der Waals surface area contributed by atoms with Crippen LogP contribution in [0.1, 0.15) is 30.5 Å². The predicted octanol–water partition coefficient (Wildman–Crippen LogP) is 4.34. The third-order valence-corrected chi connectivity index (χ3v) is 4.66. The minimum atomic E-state index is 0.480. The Morgan fingerprint density at radius 2 is 1.90 bits per heavy atom. The summed E-state index contributed by atoms with van der Waals surface area (Å²) >= 11 is 0. The van der Waals surface area contributed by atoms with E-state index in [2.05, 4.69) is 15.4 Å². The molecule has 0 bridgehead atoms. The van der Waals surface area contributed by atoms with Gasteiger partial charge in [-0.05, 0) is 50.5 Å². The van der Waals surface area contributed by atoms with Crippen molar-refractivity contribution in [3.05, 3.63) is 59.9 Å². The third kappa shape index (κ3) is 4.56. The van der Waals surface area contributed by atoms with E-state index in [1.165, 1.54) is 0 Å². The van der Waals surface area contributed by atoms with Gasteiger partial charge >= 0.3 is 0 Å². The van der Waals surface area contributed by atoms with Gasteiger partial charge in [0.05, 0.1) is 17.9 Å². The molecule has 1 aromatic carbocycles. The number of aryl methyl sites for hydroxylation is 2. The van der Waals surface area contributed by atoms with Gasteiger partial charge in [0.2, 0.25) is 5.88 Å². The molecule has 0 saturated heterocycles. The first-order valence-electron chi connectivity index (χ1n) is 9.88. The topological polar surface area (TPSA) is 73.6 Å². The molecule has 0 aliphatic carbocycles. The quantitative estimate of drug-likeness (QED) is 0.668. The van der Waals surface area contributed by atoms with Gasteiger partial charge in [0.25, 0.3) is 0 Å². The average Bonchev–Trinajstić information content (AvgIpc) is 3.04. The molecule has 150 valence electrons. The maximum absolute atomic E-state index is 6.18. The van der Waals surface area contributed by atoms with Crippen LogP contribution in [0.15, 0.2) is 53.7 Å². The van der Waals surface area contributed by atoms with Crippen LogP contribution in [0.5, 0.6) is 17.4 Å². The van der Waals surface area contributed by atoms with Crippen LogP contribution >= 0.6 is 0 Å². The van der Waals surface area contributed by atoms with Crippen LogP contribution in [0, 0.1) is 6.92 Å². The molecule has 29 heavy (non-hydrogen) atoms. The molecule has 4 rings (SSSR count). The van der Waals surface area contributed by atoms with Crippen molar-refractivity contribution >= 4 is 11.7 Å². The van der Waals surface area contributed by atoms with Gasteiger partial charge in [-0.3, -0.25) is 9.67 Å². The Labute approximate surface area is 170 Å². The standard InChI is InChI=1S/C22H25N5O2/c1-16-15-20(27(2)26-16)25-21-17-9-8-13-24-22(17)29-19-11-5-4-10-18(19)28-14-7-3-6-12-23-21/h4-5,8-11,13,15H,3,6-7,12,14H2,1-2H3,(H,23,25). The fourth-order valence-electron chi connectivity index (χ4n) is 3.21. The van der Waals surface area contributed by atoms with E-state index < -0.39 is 0 Å². The van der Waals surface area contributed by atoms with E-state index in [0.717, 1.165) is 42.1 Å². The van der Waals surface area contributed by atoms with Gasteiger partial charge in [-0.2, -0.15) is 5.10 Å². The molecule has 0 radical (unpaired) electrons. The third-order valence-electron chi connectivity index (χ3n) is 4.66. The maximum Gasteiger partial charge on any atom is 0.230 e. The number of fused-ring (bicyclic) bond motifs is 2. The molecule has 0 spiro atoms. The predicted molar refractivity (Wildman–Crippen MR) is 113 cm³/mol. The number of ether oxygens (including phenoxy) is 2. The summed E-state index contributed by atoms with van der Waals surface area (Å²) in [4.78, 5) is 9.30. The molecular formula is C22H25N5O2. The first-order valence-corrected chi connectivity index (χ1v) is 9.88. The summed E-state index contributed by atoms with van der Waals surface area (Å²) in [5.41, 5.74) is 1.73. The van der Waals surface area contributed by atoms with E-state index in [9.17, 15) is 0 Å². The molecule has 0 atom stereocenters. The van der Waals surface area contributed by atoms with Crippen LogP contribution in [0.3, 0.4) is 0 Å². The van der Waals surface area contributed by atoms with Crippen molar-refractivity contribution in [1.29, 1.82) is 0 Å². The number of aliphatic imine (C=N–C) groups is 1. The summed E-state index contributed by atoms with van der Waals surface area (Å²) in [6.45, 7) is 3.33. The number of nitrogens with one attached hydrogen (secondary N) is 1. The molecule has 7 heteroatoms. The van der Waals surface area contributed by atoms with Crippen molar-refractivity contribution in [2.45, 2.75) is 26.2 Å². The van der Waals surface area contributed by atoms with Gasteiger partial charge in [-0.25, -0.2) is 4.98 Å². The molecule has 0 fully saturated rings. The van der Waals surface area contributed by atoms with Crippen molar-refractivity contribution in [3.8, 4) is 17.4 Å². The second-order valence-electron chi connectivity index (χ2n) is 6.96.